The summed E-state index contributed by atoms with van der Waals surface area (Å²) in [6.07, 6.45) is -0.519. The summed E-state index contributed by atoms with van der Waals surface area (Å²) >= 11 is 0. The molecule has 1 heterocycles. The number of halogens is 2. The second-order valence-corrected chi connectivity index (χ2v) is 4.13. The topological polar surface area (TPSA) is 29.9 Å². The summed E-state index contributed by atoms with van der Waals surface area (Å²) in [4.78, 5) is 0. The third-order valence-corrected chi connectivity index (χ3v) is 2.64. The summed E-state index contributed by atoms with van der Waals surface area (Å²) in [5.74, 6) is 0. The van der Waals surface area contributed by atoms with Gasteiger partial charge in [0.25, 0.3) is 6.43 Å². The molecule has 2 rings (SSSR count). The summed E-state index contributed by atoms with van der Waals surface area (Å²) < 4.78 is 26.4. The Morgan fingerprint density at radius 1 is 1.17 bits per heavy atom. The molecule has 0 atom stereocenters. The van der Waals surface area contributed by atoms with Gasteiger partial charge in [-0.05, 0) is 11.6 Å². The second kappa shape index (κ2) is 5.73. The van der Waals surface area contributed by atoms with E-state index in [1.807, 2.05) is 19.3 Å². The molecule has 0 amide bonds. The Kier molecular flexibility index (Phi) is 4.04. The van der Waals surface area contributed by atoms with Crippen LogP contribution in [0.2, 0.25) is 0 Å². The van der Waals surface area contributed by atoms with Gasteiger partial charge in [-0.1, -0.05) is 24.3 Å². The molecule has 0 bridgehead atoms. The quantitative estimate of drug-likeness (QED) is 0.885. The highest BCUT2D eigenvalue weighted by Crippen LogP contribution is 2.18. The van der Waals surface area contributed by atoms with Gasteiger partial charge in [0.15, 0.2) is 0 Å². The van der Waals surface area contributed by atoms with Crippen LogP contribution in [0.4, 0.5) is 8.78 Å². The zero-order valence-corrected chi connectivity index (χ0v) is 10.1. The van der Waals surface area contributed by atoms with Crippen LogP contribution in [-0.4, -0.2) is 9.78 Å². The van der Waals surface area contributed by atoms with Gasteiger partial charge in [0.05, 0.1) is 5.69 Å². The maximum Gasteiger partial charge on any atom is 0.263 e. The first-order valence-electron chi connectivity index (χ1n) is 5.71. The van der Waals surface area contributed by atoms with Crippen molar-refractivity contribution in [2.45, 2.75) is 19.5 Å². The van der Waals surface area contributed by atoms with E-state index in [1.54, 1.807) is 16.8 Å². The molecule has 3 nitrogen and oxygen atoms in total. The van der Waals surface area contributed by atoms with Crippen molar-refractivity contribution >= 4 is 0 Å². The third-order valence-electron chi connectivity index (χ3n) is 2.64. The molecule has 0 aliphatic heterocycles. The van der Waals surface area contributed by atoms with Gasteiger partial charge in [0, 0.05) is 31.9 Å². The number of hydrogen-bond acceptors (Lipinski definition) is 2. The van der Waals surface area contributed by atoms with Crippen LogP contribution < -0.4 is 5.32 Å². The van der Waals surface area contributed by atoms with E-state index < -0.39 is 6.43 Å². The molecule has 0 saturated heterocycles. The lowest BCUT2D eigenvalue weighted by atomic mass is 10.1. The minimum absolute atomic E-state index is 0.0588. The molecule has 0 unspecified atom stereocenters. The van der Waals surface area contributed by atoms with Gasteiger partial charge < -0.3 is 5.32 Å². The Bertz CT molecular complexity index is 491. The highest BCUT2D eigenvalue weighted by molar-refractivity contribution is 5.23. The van der Waals surface area contributed by atoms with Gasteiger partial charge in [-0.15, -0.1) is 0 Å². The third kappa shape index (κ3) is 3.37. The van der Waals surface area contributed by atoms with Crippen molar-refractivity contribution in [3.05, 3.63) is 53.3 Å². The van der Waals surface area contributed by atoms with Crippen LogP contribution in [0.1, 0.15) is 23.2 Å². The molecule has 5 heteroatoms. The molecule has 96 valence electrons. The monoisotopic (exact) mass is 251 g/mol. The molecule has 1 aromatic carbocycles. The number of benzene rings is 1. The number of hydrogen-bond donors (Lipinski definition) is 1. The molecule has 0 aliphatic rings. The molecule has 0 spiro atoms. The van der Waals surface area contributed by atoms with Crippen LogP contribution in [0.5, 0.6) is 0 Å². The van der Waals surface area contributed by atoms with Gasteiger partial charge in [0.2, 0.25) is 0 Å². The van der Waals surface area contributed by atoms with E-state index in [0.29, 0.717) is 13.1 Å². The summed E-state index contributed by atoms with van der Waals surface area (Å²) in [7, 11) is 1.87. The fourth-order valence-corrected chi connectivity index (χ4v) is 1.67. The Balaban J connectivity index is 1.83. The van der Waals surface area contributed by atoms with E-state index >= 15 is 0 Å². The van der Waals surface area contributed by atoms with Gasteiger partial charge >= 0.3 is 0 Å². The molecule has 18 heavy (non-hydrogen) atoms. The average Bonchev–Trinajstić information content (AvgIpc) is 2.76. The minimum atomic E-state index is -2.40. The lowest BCUT2D eigenvalue weighted by Crippen LogP contribution is -2.13. The molecule has 0 saturated carbocycles. The fourth-order valence-electron chi connectivity index (χ4n) is 1.67. The number of rotatable bonds is 5. The smallest absolute Gasteiger partial charge is 0.263 e. The molecule has 0 aliphatic carbocycles. The van der Waals surface area contributed by atoms with Gasteiger partial charge in [-0.25, -0.2) is 8.78 Å². The van der Waals surface area contributed by atoms with Crippen LogP contribution in [0.15, 0.2) is 36.5 Å². The average molecular weight is 251 g/mol. The van der Waals surface area contributed by atoms with Crippen molar-refractivity contribution in [2.24, 2.45) is 7.05 Å². The van der Waals surface area contributed by atoms with E-state index in [4.69, 9.17) is 0 Å². The zero-order valence-electron chi connectivity index (χ0n) is 10.1. The Hall–Kier alpha value is -1.75. The highest BCUT2D eigenvalue weighted by Gasteiger charge is 2.05. The van der Waals surface area contributed by atoms with Crippen molar-refractivity contribution in [3.63, 3.8) is 0 Å². The zero-order chi connectivity index (χ0) is 13.0. The van der Waals surface area contributed by atoms with Crippen LogP contribution in [-0.2, 0) is 20.1 Å². The number of nitrogens with zero attached hydrogens (tertiary/aromatic N) is 2. The SMILES string of the molecule is Cn1ccc(CNCc2ccc(C(F)F)cc2)n1. The van der Waals surface area contributed by atoms with Crippen LogP contribution in [0, 0.1) is 0 Å². The molecular weight excluding hydrogens is 236 g/mol. The van der Waals surface area contributed by atoms with Crippen LogP contribution in [0.3, 0.4) is 0 Å². The molecule has 1 N–H and O–H groups in total. The first-order valence-corrected chi connectivity index (χ1v) is 5.71. The first kappa shape index (κ1) is 12.7. The van der Waals surface area contributed by atoms with Crippen LogP contribution >= 0.6 is 0 Å². The number of alkyl halides is 2. The largest absolute Gasteiger partial charge is 0.307 e. The minimum Gasteiger partial charge on any atom is -0.307 e. The Labute approximate surface area is 104 Å². The van der Waals surface area contributed by atoms with Crippen molar-refractivity contribution in [1.82, 2.24) is 15.1 Å². The van der Waals surface area contributed by atoms with Gasteiger partial charge in [0.1, 0.15) is 0 Å². The summed E-state index contributed by atoms with van der Waals surface area (Å²) in [6, 6.07) is 8.29. The highest BCUT2D eigenvalue weighted by atomic mass is 19.3. The van der Waals surface area contributed by atoms with Crippen molar-refractivity contribution in [1.29, 1.82) is 0 Å². The van der Waals surface area contributed by atoms with E-state index in [1.165, 1.54) is 12.1 Å². The fraction of sp³-hybridized carbons (Fsp3) is 0.308. The molecule has 1 aromatic heterocycles. The normalized spacial score (nSPS) is 11.1. The summed E-state index contributed by atoms with van der Waals surface area (Å²) in [5.41, 5.74) is 2.00. The van der Waals surface area contributed by atoms with E-state index in [2.05, 4.69) is 10.4 Å². The molecule has 0 fully saturated rings. The maximum absolute atomic E-state index is 12.3. The number of aryl methyl sites for hydroxylation is 1. The lowest BCUT2D eigenvalue weighted by molar-refractivity contribution is 0.151. The van der Waals surface area contributed by atoms with Crippen LogP contribution in [0.25, 0.3) is 0 Å². The lowest BCUT2D eigenvalue weighted by Gasteiger charge is -2.04. The standard InChI is InChI=1S/C13H15F2N3/c1-18-7-6-12(17-18)9-16-8-10-2-4-11(5-3-10)13(14)15/h2-7,13,16H,8-9H2,1H3. The second-order valence-electron chi connectivity index (χ2n) is 4.13. The van der Waals surface area contributed by atoms with E-state index in [9.17, 15) is 8.78 Å². The Morgan fingerprint density at radius 3 is 2.44 bits per heavy atom. The van der Waals surface area contributed by atoms with E-state index in [-0.39, 0.29) is 5.56 Å². The summed E-state index contributed by atoms with van der Waals surface area (Å²) in [5, 5.41) is 7.45. The van der Waals surface area contributed by atoms with E-state index in [0.717, 1.165) is 11.3 Å². The van der Waals surface area contributed by atoms with Crippen molar-refractivity contribution < 1.29 is 8.78 Å². The summed E-state index contributed by atoms with van der Waals surface area (Å²) in [6.45, 7) is 1.30. The van der Waals surface area contributed by atoms with Crippen molar-refractivity contribution in [3.8, 4) is 0 Å². The number of aromatic nitrogens is 2. The predicted molar refractivity (Wildman–Crippen MR) is 65.2 cm³/mol. The van der Waals surface area contributed by atoms with Gasteiger partial charge in [-0.3, -0.25) is 4.68 Å². The number of nitrogens with one attached hydrogen (secondary N) is 1. The van der Waals surface area contributed by atoms with Crippen molar-refractivity contribution in [2.75, 3.05) is 0 Å². The Morgan fingerprint density at radius 2 is 1.89 bits per heavy atom. The first-order chi connectivity index (χ1) is 8.65. The predicted octanol–water partition coefficient (Wildman–Crippen LogP) is 2.65. The molecular formula is C13H15F2N3. The molecule has 2 aromatic rings. The maximum atomic E-state index is 12.3. The molecule has 0 radical (unpaired) electrons. The van der Waals surface area contributed by atoms with Gasteiger partial charge in [-0.2, -0.15) is 5.10 Å².